The van der Waals surface area contributed by atoms with Gasteiger partial charge in [0.1, 0.15) is 0 Å². The molecule has 0 aromatic carbocycles. The summed E-state index contributed by atoms with van der Waals surface area (Å²) in [5.74, 6) is 4.33. The number of carbonyl (C=O) groups excluding carboxylic acids is 2. The molecule has 0 spiro atoms. The largest absolute Gasteiger partial charge is 0.290 e. The molecule has 4 aliphatic rings. The third-order valence-electron chi connectivity index (χ3n) is 10.0. The standard InChI is InChI=1S/C27H42O2/c1-17(2)7-6-8-18(3)21-11-12-22-20-10-9-19-15-24(28)25(29)16-27(19,5)23(20)13-14-26(21,22)4/h15,17-18,20-23H,6-14,16H2,1-5H3/t18-,20+,21-,22+,23+,26-,27+/m1/s1. The molecule has 3 fully saturated rings. The molecule has 0 saturated heterocycles. The summed E-state index contributed by atoms with van der Waals surface area (Å²) in [6.45, 7) is 12.1. The lowest BCUT2D eigenvalue weighted by Gasteiger charge is -2.58. The highest BCUT2D eigenvalue weighted by molar-refractivity contribution is 6.42. The van der Waals surface area contributed by atoms with Crippen LogP contribution in [0.5, 0.6) is 0 Å². The zero-order valence-corrected chi connectivity index (χ0v) is 19.4. The highest BCUT2D eigenvalue weighted by Gasteiger charge is 2.60. The van der Waals surface area contributed by atoms with Gasteiger partial charge in [-0.1, -0.05) is 59.5 Å². The maximum absolute atomic E-state index is 12.3. The topological polar surface area (TPSA) is 34.1 Å². The summed E-state index contributed by atoms with van der Waals surface area (Å²) in [4.78, 5) is 24.3. The summed E-state index contributed by atoms with van der Waals surface area (Å²) in [7, 11) is 0. The van der Waals surface area contributed by atoms with Gasteiger partial charge in [0.05, 0.1) is 0 Å². The van der Waals surface area contributed by atoms with Crippen molar-refractivity contribution in [2.45, 2.75) is 98.8 Å². The summed E-state index contributed by atoms with van der Waals surface area (Å²) < 4.78 is 0. The van der Waals surface area contributed by atoms with Gasteiger partial charge in [0, 0.05) is 6.42 Å². The SMILES string of the molecule is CC(C)CCC[C@@H](C)[C@H]1CC[C@H]2[C@@H]3CCC4=CC(=O)C(=O)C[C@]4(C)[C@H]3CC[C@]12C. The average molecular weight is 399 g/mol. The molecule has 29 heavy (non-hydrogen) atoms. The molecule has 0 amide bonds. The van der Waals surface area contributed by atoms with Gasteiger partial charge in [0.15, 0.2) is 0 Å². The van der Waals surface area contributed by atoms with Crippen LogP contribution in [0.3, 0.4) is 0 Å². The van der Waals surface area contributed by atoms with Crippen molar-refractivity contribution >= 4 is 11.6 Å². The van der Waals surface area contributed by atoms with Crippen molar-refractivity contribution < 1.29 is 9.59 Å². The lowest BCUT2D eigenvalue weighted by Crippen LogP contribution is -2.52. The summed E-state index contributed by atoms with van der Waals surface area (Å²) in [5, 5.41) is 0. The second-order valence-corrected chi connectivity index (χ2v) is 12.0. The Morgan fingerprint density at radius 2 is 1.76 bits per heavy atom. The molecule has 0 N–H and O–H groups in total. The summed E-state index contributed by atoms with van der Waals surface area (Å²) >= 11 is 0. The zero-order valence-electron chi connectivity index (χ0n) is 19.4. The molecule has 7 atom stereocenters. The van der Waals surface area contributed by atoms with Crippen LogP contribution in [0.15, 0.2) is 11.6 Å². The van der Waals surface area contributed by atoms with Crippen LogP contribution in [0.2, 0.25) is 0 Å². The molecular formula is C27H42O2. The fourth-order valence-electron chi connectivity index (χ4n) is 8.49. The van der Waals surface area contributed by atoms with E-state index in [4.69, 9.17) is 0 Å². The van der Waals surface area contributed by atoms with E-state index in [2.05, 4.69) is 34.6 Å². The van der Waals surface area contributed by atoms with Crippen LogP contribution in [-0.2, 0) is 9.59 Å². The molecule has 3 saturated carbocycles. The van der Waals surface area contributed by atoms with E-state index in [-0.39, 0.29) is 17.0 Å². The Morgan fingerprint density at radius 3 is 2.48 bits per heavy atom. The van der Waals surface area contributed by atoms with E-state index >= 15 is 0 Å². The number of Topliss-reactive ketones (excluding diaryl/α,β-unsaturated/α-hetero) is 1. The summed E-state index contributed by atoms with van der Waals surface area (Å²) in [6.07, 6.45) is 14.0. The molecule has 0 heterocycles. The van der Waals surface area contributed by atoms with Gasteiger partial charge in [-0.2, -0.15) is 0 Å². The Hall–Kier alpha value is -0.920. The number of hydrogen-bond acceptors (Lipinski definition) is 2. The predicted molar refractivity (Wildman–Crippen MR) is 118 cm³/mol. The van der Waals surface area contributed by atoms with Gasteiger partial charge in [-0.05, 0) is 90.9 Å². The Bertz CT molecular complexity index is 703. The monoisotopic (exact) mass is 398 g/mol. The third kappa shape index (κ3) is 3.47. The third-order valence-corrected chi connectivity index (χ3v) is 10.0. The number of fused-ring (bicyclic) bond motifs is 5. The van der Waals surface area contributed by atoms with Gasteiger partial charge in [0.25, 0.3) is 0 Å². The van der Waals surface area contributed by atoms with Crippen molar-refractivity contribution in [1.29, 1.82) is 0 Å². The van der Waals surface area contributed by atoms with Crippen LogP contribution in [0, 0.1) is 46.3 Å². The smallest absolute Gasteiger partial charge is 0.221 e. The molecular weight excluding hydrogens is 356 g/mol. The Morgan fingerprint density at radius 1 is 1.00 bits per heavy atom. The van der Waals surface area contributed by atoms with Crippen molar-refractivity contribution in [1.82, 2.24) is 0 Å². The number of ketones is 2. The van der Waals surface area contributed by atoms with Gasteiger partial charge in [-0.15, -0.1) is 0 Å². The molecule has 162 valence electrons. The van der Waals surface area contributed by atoms with Crippen LogP contribution in [0.4, 0.5) is 0 Å². The molecule has 0 aromatic heterocycles. The fraction of sp³-hybridized carbons (Fsp3) is 0.852. The second-order valence-electron chi connectivity index (χ2n) is 12.0. The highest BCUT2D eigenvalue weighted by Crippen LogP contribution is 2.67. The van der Waals surface area contributed by atoms with Crippen molar-refractivity contribution in [3.05, 3.63) is 11.6 Å². The van der Waals surface area contributed by atoms with E-state index in [9.17, 15) is 9.59 Å². The first-order valence-electron chi connectivity index (χ1n) is 12.4. The zero-order chi connectivity index (χ0) is 21.0. The number of hydrogen-bond donors (Lipinski definition) is 0. The lowest BCUT2D eigenvalue weighted by atomic mass is 9.46. The minimum absolute atomic E-state index is 0.0454. The highest BCUT2D eigenvalue weighted by atomic mass is 16.2. The van der Waals surface area contributed by atoms with Gasteiger partial charge in [0.2, 0.25) is 11.6 Å². The van der Waals surface area contributed by atoms with E-state index in [1.54, 1.807) is 6.08 Å². The lowest BCUT2D eigenvalue weighted by molar-refractivity contribution is -0.138. The van der Waals surface area contributed by atoms with Gasteiger partial charge < -0.3 is 0 Å². The molecule has 2 heteroatoms. The molecule has 4 rings (SSSR count). The first kappa shape index (κ1) is 21.3. The predicted octanol–water partition coefficient (Wildman–Crippen LogP) is 6.78. The number of rotatable bonds is 5. The van der Waals surface area contributed by atoms with Crippen LogP contribution in [0.1, 0.15) is 98.8 Å². The van der Waals surface area contributed by atoms with Crippen LogP contribution in [0.25, 0.3) is 0 Å². The first-order valence-corrected chi connectivity index (χ1v) is 12.4. The number of carbonyl (C=O) groups is 2. The Kier molecular flexibility index (Phi) is 5.62. The van der Waals surface area contributed by atoms with Crippen LogP contribution < -0.4 is 0 Å². The van der Waals surface area contributed by atoms with E-state index in [1.165, 1.54) is 56.9 Å². The molecule has 0 radical (unpaired) electrons. The first-order chi connectivity index (χ1) is 13.7. The second kappa shape index (κ2) is 7.65. The normalized spacial score (nSPS) is 42.9. The van der Waals surface area contributed by atoms with Crippen molar-refractivity contribution in [3.63, 3.8) is 0 Å². The Balaban J connectivity index is 1.51. The minimum atomic E-state index is -0.243. The quantitative estimate of drug-likeness (QED) is 0.479. The van der Waals surface area contributed by atoms with E-state index in [1.807, 2.05) is 0 Å². The summed E-state index contributed by atoms with van der Waals surface area (Å²) in [5.41, 5.74) is 1.74. The fourth-order valence-corrected chi connectivity index (χ4v) is 8.49. The van der Waals surface area contributed by atoms with Gasteiger partial charge >= 0.3 is 0 Å². The van der Waals surface area contributed by atoms with Crippen molar-refractivity contribution in [2.24, 2.45) is 46.3 Å². The summed E-state index contributed by atoms with van der Waals surface area (Å²) in [6, 6.07) is 0. The molecule has 0 aliphatic heterocycles. The van der Waals surface area contributed by atoms with E-state index in [0.29, 0.717) is 17.8 Å². The molecule has 0 unspecified atom stereocenters. The van der Waals surface area contributed by atoms with Gasteiger partial charge in [-0.25, -0.2) is 0 Å². The molecule has 2 nitrogen and oxygen atoms in total. The van der Waals surface area contributed by atoms with Crippen molar-refractivity contribution in [3.8, 4) is 0 Å². The van der Waals surface area contributed by atoms with E-state index < -0.39 is 0 Å². The van der Waals surface area contributed by atoms with Gasteiger partial charge in [-0.3, -0.25) is 9.59 Å². The molecule has 4 aliphatic carbocycles. The molecule has 0 bridgehead atoms. The Labute approximate surface area is 178 Å². The van der Waals surface area contributed by atoms with E-state index in [0.717, 1.165) is 36.0 Å². The molecule has 0 aromatic rings. The average Bonchev–Trinajstić information content (AvgIpc) is 3.00. The van der Waals surface area contributed by atoms with Crippen molar-refractivity contribution in [2.75, 3.05) is 0 Å². The maximum atomic E-state index is 12.3. The maximum Gasteiger partial charge on any atom is 0.221 e. The van der Waals surface area contributed by atoms with Crippen LogP contribution >= 0.6 is 0 Å². The van der Waals surface area contributed by atoms with Crippen LogP contribution in [-0.4, -0.2) is 11.6 Å². The number of allylic oxidation sites excluding steroid dienone is 1. The minimum Gasteiger partial charge on any atom is -0.290 e.